The minimum Gasteiger partial charge on any atom is -0.379 e. The molecule has 0 spiro atoms. The first kappa shape index (κ1) is 21.0. The van der Waals surface area contributed by atoms with E-state index >= 15 is 0 Å². The zero-order chi connectivity index (χ0) is 22.0. The lowest BCUT2D eigenvalue weighted by molar-refractivity contribution is 0.0162. The topological polar surface area (TPSA) is 98.5 Å². The number of hydrogen-bond donors (Lipinski definition) is 1. The van der Waals surface area contributed by atoms with Gasteiger partial charge in [-0.2, -0.15) is 0 Å². The average molecular weight is 423 g/mol. The summed E-state index contributed by atoms with van der Waals surface area (Å²) in [6.45, 7) is 3.29. The van der Waals surface area contributed by atoms with E-state index in [1.165, 1.54) is 30.8 Å². The lowest BCUT2D eigenvalue weighted by Gasteiger charge is -2.34. The summed E-state index contributed by atoms with van der Waals surface area (Å²) in [6.07, 6.45) is 0. The highest BCUT2D eigenvalue weighted by Crippen LogP contribution is 2.21. The van der Waals surface area contributed by atoms with Crippen LogP contribution in [-0.4, -0.2) is 57.8 Å². The van der Waals surface area contributed by atoms with Crippen LogP contribution in [-0.2, 0) is 18.8 Å². The third-order valence-electron chi connectivity index (χ3n) is 5.66. The summed E-state index contributed by atoms with van der Waals surface area (Å²) < 4.78 is 7.76. The molecule has 1 aliphatic rings. The molecule has 3 heterocycles. The number of hydrogen-bond acceptors (Lipinski definition) is 6. The number of carbonyl (C=O) groups excluding carboxylic acids is 1. The van der Waals surface area contributed by atoms with Crippen molar-refractivity contribution in [3.8, 4) is 0 Å². The summed E-state index contributed by atoms with van der Waals surface area (Å²) >= 11 is 0. The molecule has 1 aromatic carbocycles. The van der Waals surface area contributed by atoms with Crippen LogP contribution in [0.2, 0.25) is 0 Å². The molecule has 1 amide bonds. The maximum atomic E-state index is 12.9. The van der Waals surface area contributed by atoms with E-state index in [0.717, 1.165) is 23.2 Å². The van der Waals surface area contributed by atoms with Crippen molar-refractivity contribution >= 4 is 16.9 Å². The number of amides is 1. The number of morpholine rings is 1. The second kappa shape index (κ2) is 8.83. The summed E-state index contributed by atoms with van der Waals surface area (Å²) in [7, 11) is 2.95. The van der Waals surface area contributed by atoms with Gasteiger partial charge < -0.3 is 10.1 Å². The Hall–Kier alpha value is -3.30. The van der Waals surface area contributed by atoms with Crippen molar-refractivity contribution in [2.45, 2.75) is 6.04 Å². The van der Waals surface area contributed by atoms with Crippen molar-refractivity contribution in [2.75, 3.05) is 32.8 Å². The van der Waals surface area contributed by atoms with Gasteiger partial charge in [-0.05, 0) is 17.7 Å². The minimum absolute atomic E-state index is 0.00570. The maximum absolute atomic E-state index is 12.9. The fraction of sp³-hybridized carbons (Fsp3) is 0.364. The molecule has 0 saturated carbocycles. The maximum Gasteiger partial charge on any atom is 0.332 e. The van der Waals surface area contributed by atoms with Crippen molar-refractivity contribution in [3.05, 3.63) is 74.6 Å². The fourth-order valence-electron chi connectivity index (χ4n) is 3.88. The molecule has 2 aromatic heterocycles. The summed E-state index contributed by atoms with van der Waals surface area (Å²) in [5, 5.41) is 3.25. The molecule has 0 bridgehead atoms. The van der Waals surface area contributed by atoms with E-state index in [-0.39, 0.29) is 28.7 Å². The Balaban J connectivity index is 1.58. The second-order valence-electron chi connectivity index (χ2n) is 7.56. The normalized spacial score (nSPS) is 15.7. The predicted molar refractivity (Wildman–Crippen MR) is 116 cm³/mol. The SMILES string of the molecule is Cn1c(=O)c2ccc(C(=O)NCC(c3ccccc3)N3CCOCC3)nc2n(C)c1=O. The number of benzene rings is 1. The average Bonchev–Trinajstić information content (AvgIpc) is 2.82. The summed E-state index contributed by atoms with van der Waals surface area (Å²) in [5.74, 6) is -0.357. The lowest BCUT2D eigenvalue weighted by Crippen LogP contribution is -2.44. The lowest BCUT2D eigenvalue weighted by atomic mass is 10.0. The quantitative estimate of drug-likeness (QED) is 0.639. The Morgan fingerprint density at radius 2 is 1.77 bits per heavy atom. The Bertz CT molecular complexity index is 1210. The van der Waals surface area contributed by atoms with Crippen LogP contribution in [0, 0.1) is 0 Å². The Labute approximate surface area is 178 Å². The van der Waals surface area contributed by atoms with Crippen molar-refractivity contribution < 1.29 is 9.53 Å². The first-order chi connectivity index (χ1) is 15.0. The first-order valence-electron chi connectivity index (χ1n) is 10.2. The Morgan fingerprint density at radius 3 is 2.48 bits per heavy atom. The van der Waals surface area contributed by atoms with E-state index in [4.69, 9.17) is 4.74 Å². The van der Waals surface area contributed by atoms with Gasteiger partial charge in [-0.15, -0.1) is 0 Å². The van der Waals surface area contributed by atoms with E-state index in [1.54, 1.807) is 0 Å². The molecule has 3 aromatic rings. The molecule has 162 valence electrons. The molecular formula is C22H25N5O4. The summed E-state index contributed by atoms with van der Waals surface area (Å²) in [6, 6.07) is 13.1. The molecule has 0 radical (unpaired) electrons. The van der Waals surface area contributed by atoms with Crippen LogP contribution in [0.1, 0.15) is 22.1 Å². The van der Waals surface area contributed by atoms with E-state index in [1.807, 2.05) is 30.3 Å². The van der Waals surface area contributed by atoms with Gasteiger partial charge >= 0.3 is 5.69 Å². The molecule has 1 fully saturated rings. The summed E-state index contributed by atoms with van der Waals surface area (Å²) in [5.41, 5.74) is 0.535. The minimum atomic E-state index is -0.487. The number of aryl methyl sites for hydroxylation is 1. The molecular weight excluding hydrogens is 398 g/mol. The molecule has 9 heteroatoms. The van der Waals surface area contributed by atoms with Gasteiger partial charge in [0.25, 0.3) is 11.5 Å². The Kier molecular flexibility index (Phi) is 5.97. The third kappa shape index (κ3) is 4.14. The van der Waals surface area contributed by atoms with Crippen LogP contribution in [0.25, 0.3) is 11.0 Å². The van der Waals surface area contributed by atoms with E-state index in [9.17, 15) is 14.4 Å². The van der Waals surface area contributed by atoms with Crippen molar-refractivity contribution in [2.24, 2.45) is 14.1 Å². The van der Waals surface area contributed by atoms with Gasteiger partial charge in [-0.25, -0.2) is 9.78 Å². The first-order valence-corrected chi connectivity index (χ1v) is 10.2. The number of nitrogens with zero attached hydrogens (tertiary/aromatic N) is 4. The molecule has 0 aliphatic carbocycles. The van der Waals surface area contributed by atoms with Crippen LogP contribution < -0.4 is 16.6 Å². The molecule has 9 nitrogen and oxygen atoms in total. The van der Waals surface area contributed by atoms with Gasteiger partial charge in [0.2, 0.25) is 0 Å². The fourth-order valence-corrected chi connectivity index (χ4v) is 3.88. The van der Waals surface area contributed by atoms with E-state index in [2.05, 4.69) is 15.2 Å². The van der Waals surface area contributed by atoms with Crippen molar-refractivity contribution in [1.82, 2.24) is 24.3 Å². The monoisotopic (exact) mass is 423 g/mol. The number of rotatable bonds is 5. The number of pyridine rings is 1. The molecule has 1 aliphatic heterocycles. The van der Waals surface area contributed by atoms with Crippen LogP contribution >= 0.6 is 0 Å². The van der Waals surface area contributed by atoms with Gasteiger partial charge in [-0.3, -0.25) is 23.6 Å². The second-order valence-corrected chi connectivity index (χ2v) is 7.56. The molecule has 31 heavy (non-hydrogen) atoms. The number of aromatic nitrogens is 3. The highest BCUT2D eigenvalue weighted by molar-refractivity contribution is 5.94. The number of nitrogens with one attached hydrogen (secondary N) is 1. The predicted octanol–water partition coefficient (Wildman–Crippen LogP) is 0.436. The highest BCUT2D eigenvalue weighted by Gasteiger charge is 2.23. The molecule has 1 N–H and O–H groups in total. The van der Waals surface area contributed by atoms with Crippen LogP contribution in [0.15, 0.2) is 52.1 Å². The zero-order valence-electron chi connectivity index (χ0n) is 17.6. The van der Waals surface area contributed by atoms with Gasteiger partial charge in [0.05, 0.1) is 24.6 Å². The van der Waals surface area contributed by atoms with Gasteiger partial charge in [0.1, 0.15) is 11.3 Å². The molecule has 4 rings (SSSR count). The zero-order valence-corrected chi connectivity index (χ0v) is 17.6. The third-order valence-corrected chi connectivity index (χ3v) is 5.66. The Morgan fingerprint density at radius 1 is 1.06 bits per heavy atom. The van der Waals surface area contributed by atoms with Gasteiger partial charge in [-0.1, -0.05) is 30.3 Å². The largest absolute Gasteiger partial charge is 0.379 e. The standard InChI is InChI=1S/C22H25N5O4/c1-25-19-16(21(29)26(2)22(25)30)8-9-17(24-19)20(28)23-14-18(15-6-4-3-5-7-15)27-10-12-31-13-11-27/h3-9,18H,10-14H2,1-2H3,(H,23,28). The van der Waals surface area contributed by atoms with E-state index < -0.39 is 11.2 Å². The van der Waals surface area contributed by atoms with Crippen molar-refractivity contribution in [3.63, 3.8) is 0 Å². The molecule has 1 atom stereocenters. The molecule has 1 unspecified atom stereocenters. The van der Waals surface area contributed by atoms with E-state index in [0.29, 0.717) is 19.8 Å². The number of fused-ring (bicyclic) bond motifs is 1. The highest BCUT2D eigenvalue weighted by atomic mass is 16.5. The van der Waals surface area contributed by atoms with Gasteiger partial charge in [0, 0.05) is 33.7 Å². The number of ether oxygens (including phenoxy) is 1. The van der Waals surface area contributed by atoms with Crippen LogP contribution in [0.3, 0.4) is 0 Å². The van der Waals surface area contributed by atoms with Crippen LogP contribution in [0.5, 0.6) is 0 Å². The van der Waals surface area contributed by atoms with Crippen molar-refractivity contribution in [1.29, 1.82) is 0 Å². The van der Waals surface area contributed by atoms with Crippen LogP contribution in [0.4, 0.5) is 0 Å². The van der Waals surface area contributed by atoms with Gasteiger partial charge in [0.15, 0.2) is 0 Å². The molecule has 1 saturated heterocycles. The number of carbonyl (C=O) groups is 1. The summed E-state index contributed by atoms with van der Waals surface area (Å²) in [4.78, 5) is 44.0. The smallest absolute Gasteiger partial charge is 0.332 e.